The highest BCUT2D eigenvalue weighted by molar-refractivity contribution is 5.37. The summed E-state index contributed by atoms with van der Waals surface area (Å²) in [6.07, 6.45) is 0.775. The predicted molar refractivity (Wildman–Crippen MR) is 56.7 cm³/mol. The lowest BCUT2D eigenvalue weighted by Crippen LogP contribution is -2.25. The number of phenols is 1. The van der Waals surface area contributed by atoms with E-state index in [4.69, 9.17) is 9.47 Å². The highest BCUT2D eigenvalue weighted by Crippen LogP contribution is 2.36. The molecule has 3 heteroatoms. The summed E-state index contributed by atoms with van der Waals surface area (Å²) in [6.45, 7) is 5.17. The molecule has 1 aliphatic rings. The van der Waals surface area contributed by atoms with E-state index in [-0.39, 0.29) is 0 Å². The third-order valence-electron chi connectivity index (χ3n) is 2.86. The fraction of sp³-hybridized carbons (Fsp3) is 0.500. The zero-order valence-corrected chi connectivity index (χ0v) is 9.12. The average Bonchev–Trinajstić information content (AvgIpc) is 2.72. The Hall–Kier alpha value is -1.06. The lowest BCUT2D eigenvalue weighted by molar-refractivity contribution is -0.167. The summed E-state index contributed by atoms with van der Waals surface area (Å²) in [7, 11) is 0. The van der Waals surface area contributed by atoms with Gasteiger partial charge in [-0.1, -0.05) is 6.92 Å². The van der Waals surface area contributed by atoms with Gasteiger partial charge in [-0.15, -0.1) is 0 Å². The van der Waals surface area contributed by atoms with Crippen molar-refractivity contribution in [3.8, 4) is 5.75 Å². The molecule has 0 amide bonds. The SMILES string of the molecule is CCC1(c2ccc(O)c(C)c2)OCCO1. The smallest absolute Gasteiger partial charge is 0.194 e. The normalized spacial score (nSPS) is 19.3. The molecule has 0 radical (unpaired) electrons. The summed E-state index contributed by atoms with van der Waals surface area (Å²) in [5, 5.41) is 9.46. The van der Waals surface area contributed by atoms with Gasteiger partial charge in [-0.05, 0) is 30.7 Å². The average molecular weight is 208 g/mol. The van der Waals surface area contributed by atoms with E-state index in [0.717, 1.165) is 17.5 Å². The van der Waals surface area contributed by atoms with Gasteiger partial charge in [-0.3, -0.25) is 0 Å². The fourth-order valence-corrected chi connectivity index (χ4v) is 1.92. The highest BCUT2D eigenvalue weighted by Gasteiger charge is 2.36. The summed E-state index contributed by atoms with van der Waals surface area (Å²) in [6, 6.07) is 5.47. The molecule has 0 aromatic heterocycles. The Bertz CT molecular complexity index is 354. The Morgan fingerprint density at radius 1 is 1.33 bits per heavy atom. The molecule has 1 heterocycles. The van der Waals surface area contributed by atoms with Gasteiger partial charge in [0.15, 0.2) is 5.79 Å². The molecule has 3 nitrogen and oxygen atoms in total. The zero-order valence-electron chi connectivity index (χ0n) is 9.12. The Balaban J connectivity index is 2.38. The van der Waals surface area contributed by atoms with Gasteiger partial charge in [-0.25, -0.2) is 0 Å². The van der Waals surface area contributed by atoms with E-state index in [1.807, 2.05) is 26.0 Å². The van der Waals surface area contributed by atoms with Gasteiger partial charge in [0, 0.05) is 12.0 Å². The number of aromatic hydroxyl groups is 1. The summed E-state index contributed by atoms with van der Waals surface area (Å²) in [4.78, 5) is 0. The highest BCUT2D eigenvalue weighted by atomic mass is 16.7. The number of rotatable bonds is 2. The van der Waals surface area contributed by atoms with Crippen LogP contribution in [0.2, 0.25) is 0 Å². The van der Waals surface area contributed by atoms with Gasteiger partial charge in [-0.2, -0.15) is 0 Å². The number of ether oxygens (including phenoxy) is 2. The van der Waals surface area contributed by atoms with Crippen molar-refractivity contribution in [1.82, 2.24) is 0 Å². The summed E-state index contributed by atoms with van der Waals surface area (Å²) in [5.74, 6) is -0.290. The number of aryl methyl sites for hydroxylation is 1. The van der Waals surface area contributed by atoms with Gasteiger partial charge in [0.2, 0.25) is 0 Å². The van der Waals surface area contributed by atoms with Crippen LogP contribution in [0.1, 0.15) is 24.5 Å². The molecule has 0 spiro atoms. The van der Waals surface area contributed by atoms with Crippen LogP contribution in [0.4, 0.5) is 0 Å². The van der Waals surface area contributed by atoms with Crippen LogP contribution < -0.4 is 0 Å². The van der Waals surface area contributed by atoms with E-state index in [0.29, 0.717) is 19.0 Å². The first-order valence-corrected chi connectivity index (χ1v) is 5.26. The summed E-state index contributed by atoms with van der Waals surface area (Å²) >= 11 is 0. The first-order chi connectivity index (χ1) is 7.18. The molecule has 1 aliphatic heterocycles. The van der Waals surface area contributed by atoms with Crippen LogP contribution >= 0.6 is 0 Å². The first-order valence-electron chi connectivity index (χ1n) is 5.26. The number of hydrogen-bond donors (Lipinski definition) is 1. The first kappa shape index (κ1) is 10.5. The minimum atomic E-state index is -0.599. The third-order valence-corrected chi connectivity index (χ3v) is 2.86. The maximum atomic E-state index is 9.46. The van der Waals surface area contributed by atoms with Crippen molar-refractivity contribution in [3.63, 3.8) is 0 Å². The van der Waals surface area contributed by atoms with Crippen molar-refractivity contribution in [3.05, 3.63) is 29.3 Å². The van der Waals surface area contributed by atoms with Gasteiger partial charge in [0.1, 0.15) is 5.75 Å². The minimum Gasteiger partial charge on any atom is -0.508 e. The Morgan fingerprint density at radius 2 is 2.00 bits per heavy atom. The van der Waals surface area contributed by atoms with Gasteiger partial charge < -0.3 is 14.6 Å². The molecule has 1 saturated heterocycles. The second-order valence-corrected chi connectivity index (χ2v) is 3.80. The molecular formula is C12H16O3. The van der Waals surface area contributed by atoms with Crippen LogP contribution in [0.15, 0.2) is 18.2 Å². The molecule has 0 saturated carbocycles. The second kappa shape index (κ2) is 3.83. The molecule has 0 bridgehead atoms. The molecule has 1 aromatic rings. The van der Waals surface area contributed by atoms with Crippen molar-refractivity contribution >= 4 is 0 Å². The van der Waals surface area contributed by atoms with Gasteiger partial charge in [0.05, 0.1) is 13.2 Å². The van der Waals surface area contributed by atoms with Crippen molar-refractivity contribution in [2.45, 2.75) is 26.1 Å². The van der Waals surface area contributed by atoms with Crippen LogP contribution in [0.3, 0.4) is 0 Å². The molecule has 0 atom stereocenters. The van der Waals surface area contributed by atoms with Crippen LogP contribution in [-0.2, 0) is 15.3 Å². The monoisotopic (exact) mass is 208 g/mol. The molecule has 1 aromatic carbocycles. The number of phenolic OH excluding ortho intramolecular Hbond substituents is 1. The molecule has 0 unspecified atom stereocenters. The molecule has 2 rings (SSSR count). The lowest BCUT2D eigenvalue weighted by atomic mass is 10.0. The van der Waals surface area contributed by atoms with Gasteiger partial charge >= 0.3 is 0 Å². The van der Waals surface area contributed by atoms with Crippen molar-refractivity contribution < 1.29 is 14.6 Å². The molecule has 1 N–H and O–H groups in total. The standard InChI is InChI=1S/C12H16O3/c1-3-12(14-6-7-15-12)10-4-5-11(13)9(2)8-10/h4-5,8,13H,3,6-7H2,1-2H3. The Labute approximate surface area is 89.6 Å². The van der Waals surface area contributed by atoms with E-state index in [1.165, 1.54) is 0 Å². The second-order valence-electron chi connectivity index (χ2n) is 3.80. The number of hydrogen-bond acceptors (Lipinski definition) is 3. The zero-order chi connectivity index (χ0) is 10.9. The van der Waals surface area contributed by atoms with Crippen molar-refractivity contribution in [2.24, 2.45) is 0 Å². The van der Waals surface area contributed by atoms with E-state index in [9.17, 15) is 5.11 Å². The minimum absolute atomic E-state index is 0.308. The van der Waals surface area contributed by atoms with E-state index in [2.05, 4.69) is 0 Å². The fourth-order valence-electron chi connectivity index (χ4n) is 1.92. The van der Waals surface area contributed by atoms with Crippen LogP contribution in [0.25, 0.3) is 0 Å². The van der Waals surface area contributed by atoms with Crippen LogP contribution in [0, 0.1) is 6.92 Å². The van der Waals surface area contributed by atoms with E-state index < -0.39 is 5.79 Å². The number of benzene rings is 1. The quantitative estimate of drug-likeness (QED) is 0.810. The molecule has 82 valence electrons. The predicted octanol–water partition coefficient (Wildman–Crippen LogP) is 2.31. The van der Waals surface area contributed by atoms with E-state index >= 15 is 0 Å². The van der Waals surface area contributed by atoms with Crippen LogP contribution in [0.5, 0.6) is 5.75 Å². The van der Waals surface area contributed by atoms with Crippen LogP contribution in [-0.4, -0.2) is 18.3 Å². The Morgan fingerprint density at radius 3 is 2.53 bits per heavy atom. The largest absolute Gasteiger partial charge is 0.508 e. The summed E-state index contributed by atoms with van der Waals surface area (Å²) in [5.41, 5.74) is 1.83. The summed E-state index contributed by atoms with van der Waals surface area (Å²) < 4.78 is 11.3. The van der Waals surface area contributed by atoms with Gasteiger partial charge in [0.25, 0.3) is 0 Å². The third kappa shape index (κ3) is 1.73. The van der Waals surface area contributed by atoms with Crippen molar-refractivity contribution in [1.29, 1.82) is 0 Å². The maximum Gasteiger partial charge on any atom is 0.194 e. The molecular weight excluding hydrogens is 192 g/mol. The molecule has 0 aliphatic carbocycles. The maximum absolute atomic E-state index is 9.46. The molecule has 15 heavy (non-hydrogen) atoms. The molecule has 1 fully saturated rings. The van der Waals surface area contributed by atoms with Crippen molar-refractivity contribution in [2.75, 3.05) is 13.2 Å². The topological polar surface area (TPSA) is 38.7 Å². The van der Waals surface area contributed by atoms with E-state index in [1.54, 1.807) is 6.07 Å². The lowest BCUT2D eigenvalue weighted by Gasteiger charge is -2.26. The Kier molecular flexibility index (Phi) is 2.67.